The van der Waals surface area contributed by atoms with Gasteiger partial charge in [0.1, 0.15) is 0 Å². The molecule has 0 spiro atoms. The SMILES string of the molecule is CNC(C)c1ccc(N2CCC(N(C)C)C2)cc1Br. The summed E-state index contributed by atoms with van der Waals surface area (Å²) in [7, 11) is 6.33. The van der Waals surface area contributed by atoms with Crippen LogP contribution in [0.3, 0.4) is 0 Å². The molecule has 2 atom stereocenters. The van der Waals surface area contributed by atoms with E-state index < -0.39 is 0 Å². The first-order chi connectivity index (χ1) is 9.02. The van der Waals surface area contributed by atoms with Gasteiger partial charge in [0.25, 0.3) is 0 Å². The van der Waals surface area contributed by atoms with Crippen molar-refractivity contribution in [3.8, 4) is 0 Å². The summed E-state index contributed by atoms with van der Waals surface area (Å²) < 4.78 is 1.19. The van der Waals surface area contributed by atoms with Gasteiger partial charge in [0, 0.05) is 35.3 Å². The average Bonchev–Trinajstić information content (AvgIpc) is 2.87. The minimum atomic E-state index is 0.372. The molecular formula is C15H24BrN3. The molecule has 1 heterocycles. The van der Waals surface area contributed by atoms with Gasteiger partial charge in [-0.25, -0.2) is 0 Å². The van der Waals surface area contributed by atoms with Crippen LogP contribution < -0.4 is 10.2 Å². The first-order valence-corrected chi connectivity index (χ1v) is 7.70. The second kappa shape index (κ2) is 6.25. The van der Waals surface area contributed by atoms with Crippen molar-refractivity contribution in [3.63, 3.8) is 0 Å². The minimum absolute atomic E-state index is 0.372. The maximum atomic E-state index is 3.70. The molecular weight excluding hydrogens is 302 g/mol. The normalized spacial score (nSPS) is 21.2. The van der Waals surface area contributed by atoms with Gasteiger partial charge >= 0.3 is 0 Å². The van der Waals surface area contributed by atoms with Crippen molar-refractivity contribution in [2.75, 3.05) is 39.1 Å². The van der Waals surface area contributed by atoms with Crippen LogP contribution in [0.2, 0.25) is 0 Å². The van der Waals surface area contributed by atoms with E-state index >= 15 is 0 Å². The summed E-state index contributed by atoms with van der Waals surface area (Å²) in [5.74, 6) is 0. The predicted octanol–water partition coefficient (Wildman–Crippen LogP) is 2.87. The molecule has 106 valence electrons. The van der Waals surface area contributed by atoms with Crippen LogP contribution in [0.25, 0.3) is 0 Å². The number of benzene rings is 1. The number of likely N-dealkylation sites (N-methyl/N-ethyl adjacent to an activating group) is 1. The molecule has 0 aromatic heterocycles. The molecule has 0 saturated carbocycles. The summed E-state index contributed by atoms with van der Waals surface area (Å²) in [6, 6.07) is 7.77. The van der Waals surface area contributed by atoms with Crippen LogP contribution in [0.5, 0.6) is 0 Å². The third-order valence-corrected chi connectivity index (χ3v) is 4.83. The lowest BCUT2D eigenvalue weighted by Crippen LogP contribution is -2.31. The summed E-state index contributed by atoms with van der Waals surface area (Å²) in [4.78, 5) is 4.80. The Balaban J connectivity index is 2.13. The van der Waals surface area contributed by atoms with Crippen molar-refractivity contribution in [2.24, 2.45) is 0 Å². The second-order valence-corrected chi connectivity index (χ2v) is 6.42. The molecule has 0 amide bonds. The zero-order valence-corrected chi connectivity index (χ0v) is 13.9. The van der Waals surface area contributed by atoms with Gasteiger partial charge < -0.3 is 15.1 Å². The van der Waals surface area contributed by atoms with Crippen molar-refractivity contribution < 1.29 is 0 Å². The Morgan fingerprint density at radius 1 is 1.42 bits per heavy atom. The maximum Gasteiger partial charge on any atom is 0.0378 e. The summed E-state index contributed by atoms with van der Waals surface area (Å²) in [5.41, 5.74) is 2.64. The fourth-order valence-corrected chi connectivity index (χ4v) is 3.33. The molecule has 4 heteroatoms. The van der Waals surface area contributed by atoms with Crippen molar-refractivity contribution >= 4 is 21.6 Å². The second-order valence-electron chi connectivity index (χ2n) is 5.57. The molecule has 1 aromatic carbocycles. The van der Waals surface area contributed by atoms with Gasteiger partial charge in [0.05, 0.1) is 0 Å². The Hall–Kier alpha value is -0.580. The van der Waals surface area contributed by atoms with Gasteiger partial charge in [0.2, 0.25) is 0 Å². The van der Waals surface area contributed by atoms with E-state index in [1.807, 2.05) is 7.05 Å². The van der Waals surface area contributed by atoms with Crippen LogP contribution >= 0.6 is 15.9 Å². The molecule has 2 rings (SSSR count). The van der Waals surface area contributed by atoms with Gasteiger partial charge in [-0.2, -0.15) is 0 Å². The molecule has 1 aromatic rings. The molecule has 1 N–H and O–H groups in total. The van der Waals surface area contributed by atoms with Crippen LogP contribution in [-0.2, 0) is 0 Å². The van der Waals surface area contributed by atoms with Crippen molar-refractivity contribution in [2.45, 2.75) is 25.4 Å². The summed E-state index contributed by atoms with van der Waals surface area (Å²) in [6.07, 6.45) is 1.25. The van der Waals surface area contributed by atoms with E-state index in [0.717, 1.165) is 13.1 Å². The van der Waals surface area contributed by atoms with Crippen LogP contribution in [0.1, 0.15) is 24.9 Å². The number of rotatable bonds is 4. The van der Waals surface area contributed by atoms with E-state index in [9.17, 15) is 0 Å². The fraction of sp³-hybridized carbons (Fsp3) is 0.600. The quantitative estimate of drug-likeness (QED) is 0.918. The van der Waals surface area contributed by atoms with Gasteiger partial charge in [-0.3, -0.25) is 0 Å². The van der Waals surface area contributed by atoms with Crippen LogP contribution in [0, 0.1) is 0 Å². The summed E-state index contributed by atoms with van der Waals surface area (Å²) >= 11 is 3.70. The largest absolute Gasteiger partial charge is 0.370 e. The maximum absolute atomic E-state index is 3.70. The van der Waals surface area contributed by atoms with Crippen LogP contribution in [0.4, 0.5) is 5.69 Å². The monoisotopic (exact) mass is 325 g/mol. The Bertz CT molecular complexity index is 433. The lowest BCUT2D eigenvalue weighted by molar-refractivity contribution is 0.315. The predicted molar refractivity (Wildman–Crippen MR) is 85.9 cm³/mol. The number of nitrogens with one attached hydrogen (secondary N) is 1. The molecule has 0 bridgehead atoms. The first-order valence-electron chi connectivity index (χ1n) is 6.91. The lowest BCUT2D eigenvalue weighted by Gasteiger charge is -2.23. The Morgan fingerprint density at radius 3 is 2.68 bits per heavy atom. The average molecular weight is 326 g/mol. The Labute approximate surface area is 125 Å². The molecule has 0 radical (unpaired) electrons. The van der Waals surface area contributed by atoms with E-state index in [2.05, 4.69) is 70.3 Å². The lowest BCUT2D eigenvalue weighted by atomic mass is 10.1. The Morgan fingerprint density at radius 2 is 2.16 bits per heavy atom. The number of anilines is 1. The number of halogens is 1. The van der Waals surface area contributed by atoms with Crippen LogP contribution in [0.15, 0.2) is 22.7 Å². The number of nitrogens with zero attached hydrogens (tertiary/aromatic N) is 2. The zero-order valence-electron chi connectivity index (χ0n) is 12.3. The van der Waals surface area contributed by atoms with Gasteiger partial charge in [-0.1, -0.05) is 22.0 Å². The fourth-order valence-electron chi connectivity index (χ4n) is 2.62. The Kier molecular flexibility index (Phi) is 4.87. The highest BCUT2D eigenvalue weighted by Crippen LogP contribution is 2.30. The third kappa shape index (κ3) is 3.30. The highest BCUT2D eigenvalue weighted by molar-refractivity contribution is 9.10. The molecule has 19 heavy (non-hydrogen) atoms. The molecule has 3 nitrogen and oxygen atoms in total. The van der Waals surface area contributed by atoms with Gasteiger partial charge in [-0.05, 0) is 52.2 Å². The minimum Gasteiger partial charge on any atom is -0.370 e. The van der Waals surface area contributed by atoms with Crippen molar-refractivity contribution in [3.05, 3.63) is 28.2 Å². The van der Waals surface area contributed by atoms with E-state index in [-0.39, 0.29) is 0 Å². The molecule has 2 unspecified atom stereocenters. The first kappa shape index (κ1) is 14.8. The smallest absolute Gasteiger partial charge is 0.0378 e. The van der Waals surface area contributed by atoms with Crippen molar-refractivity contribution in [1.82, 2.24) is 10.2 Å². The van der Waals surface area contributed by atoms with E-state index in [4.69, 9.17) is 0 Å². The number of hydrogen-bond acceptors (Lipinski definition) is 3. The summed E-state index contributed by atoms with van der Waals surface area (Å²) in [6.45, 7) is 4.45. The third-order valence-electron chi connectivity index (χ3n) is 4.14. The standard InChI is InChI=1S/C15H24BrN3/c1-11(17-2)14-6-5-12(9-15(14)16)19-8-7-13(10-19)18(3)4/h5-6,9,11,13,17H,7-8,10H2,1-4H3. The molecule has 1 saturated heterocycles. The molecule has 0 aliphatic carbocycles. The van der Waals surface area contributed by atoms with E-state index in [1.165, 1.54) is 22.1 Å². The topological polar surface area (TPSA) is 18.5 Å². The van der Waals surface area contributed by atoms with E-state index in [0.29, 0.717) is 12.1 Å². The molecule has 1 aliphatic heterocycles. The highest BCUT2D eigenvalue weighted by atomic mass is 79.9. The van der Waals surface area contributed by atoms with E-state index in [1.54, 1.807) is 0 Å². The van der Waals surface area contributed by atoms with Gasteiger partial charge in [0.15, 0.2) is 0 Å². The number of hydrogen-bond donors (Lipinski definition) is 1. The highest BCUT2D eigenvalue weighted by Gasteiger charge is 2.24. The van der Waals surface area contributed by atoms with Crippen LogP contribution in [-0.4, -0.2) is 45.2 Å². The van der Waals surface area contributed by atoms with Gasteiger partial charge in [-0.15, -0.1) is 0 Å². The zero-order chi connectivity index (χ0) is 14.0. The summed E-state index contributed by atoms with van der Waals surface area (Å²) in [5, 5.41) is 3.28. The van der Waals surface area contributed by atoms with Crippen molar-refractivity contribution in [1.29, 1.82) is 0 Å². The molecule has 1 aliphatic rings. The molecule has 1 fully saturated rings.